The molecule has 210 valence electrons. The van der Waals surface area contributed by atoms with E-state index in [9.17, 15) is 28.0 Å². The Morgan fingerprint density at radius 2 is 1.29 bits per heavy atom. The number of benzene rings is 5. The second kappa shape index (κ2) is 11.3. The predicted octanol–water partition coefficient (Wildman–Crippen LogP) is 8.60. The molecule has 5 aromatic rings. The second-order valence-electron chi connectivity index (χ2n) is 9.55. The Morgan fingerprint density at radius 1 is 0.690 bits per heavy atom. The molecular weight excluding hydrogens is 556 g/mol. The van der Waals surface area contributed by atoms with Gasteiger partial charge in [0.25, 0.3) is 10.1 Å². The number of hydrogen-bond acceptors (Lipinski definition) is 8. The summed E-state index contributed by atoms with van der Waals surface area (Å²) in [7, 11) is -4.46. The van der Waals surface area contributed by atoms with Gasteiger partial charge in [0.1, 0.15) is 16.2 Å². The summed E-state index contributed by atoms with van der Waals surface area (Å²) in [5.41, 5.74) is 5.09. The average molecular weight is 581 g/mol. The van der Waals surface area contributed by atoms with Gasteiger partial charge >= 0.3 is 5.97 Å². The van der Waals surface area contributed by atoms with Crippen LogP contribution in [0.25, 0.3) is 21.9 Å². The summed E-state index contributed by atoms with van der Waals surface area (Å²) in [5, 5.41) is 36.8. The number of carboxylic acid groups (broad SMARTS) is 1. The SMILES string of the molecule is Cc1cc(-c2ccc(N=Nc3cc(S(=O)(=O)O)c4ccccc4c3)c(C)c2)ccc1N=Nc1ccc(O)c(C(=O)O)c1. The van der Waals surface area contributed by atoms with Crippen molar-refractivity contribution in [1.29, 1.82) is 0 Å². The quantitative estimate of drug-likeness (QED) is 0.129. The fraction of sp³-hybridized carbons (Fsp3) is 0.0645. The lowest BCUT2D eigenvalue weighted by molar-refractivity contribution is 0.0693. The minimum Gasteiger partial charge on any atom is -0.507 e. The van der Waals surface area contributed by atoms with Crippen LogP contribution in [-0.2, 0) is 10.1 Å². The molecule has 10 nitrogen and oxygen atoms in total. The average Bonchev–Trinajstić information content (AvgIpc) is 2.95. The van der Waals surface area contributed by atoms with Crippen molar-refractivity contribution in [2.75, 3.05) is 0 Å². The molecule has 0 radical (unpaired) electrons. The van der Waals surface area contributed by atoms with Gasteiger partial charge in [-0.2, -0.15) is 28.9 Å². The third-order valence-corrected chi connectivity index (χ3v) is 7.46. The maximum Gasteiger partial charge on any atom is 0.339 e. The van der Waals surface area contributed by atoms with Crippen molar-refractivity contribution >= 4 is 49.6 Å². The highest BCUT2D eigenvalue weighted by atomic mass is 32.2. The number of carboxylic acids is 1. The topological polar surface area (TPSA) is 161 Å². The molecule has 0 aliphatic heterocycles. The number of phenols is 1. The summed E-state index contributed by atoms with van der Waals surface area (Å²) < 4.78 is 33.6. The molecule has 0 spiro atoms. The van der Waals surface area contributed by atoms with Gasteiger partial charge in [0.2, 0.25) is 0 Å². The molecular formula is C31H24N4O6S. The lowest BCUT2D eigenvalue weighted by atomic mass is 10.0. The van der Waals surface area contributed by atoms with E-state index in [2.05, 4.69) is 20.5 Å². The minimum atomic E-state index is -4.46. The number of hydrogen-bond donors (Lipinski definition) is 3. The number of fused-ring (bicyclic) bond motifs is 1. The van der Waals surface area contributed by atoms with Crippen LogP contribution >= 0.6 is 0 Å². The van der Waals surface area contributed by atoms with Gasteiger partial charge in [-0.3, -0.25) is 4.55 Å². The molecule has 0 amide bonds. The zero-order valence-corrected chi connectivity index (χ0v) is 23.2. The Bertz CT molecular complexity index is 2040. The summed E-state index contributed by atoms with van der Waals surface area (Å²) in [4.78, 5) is 11.0. The number of aromatic carboxylic acids is 1. The molecule has 5 rings (SSSR count). The van der Waals surface area contributed by atoms with Crippen molar-refractivity contribution in [2.24, 2.45) is 20.5 Å². The molecule has 0 bridgehead atoms. The predicted molar refractivity (Wildman–Crippen MR) is 159 cm³/mol. The molecule has 0 saturated heterocycles. The van der Waals surface area contributed by atoms with E-state index in [0.717, 1.165) is 22.3 Å². The van der Waals surface area contributed by atoms with E-state index in [4.69, 9.17) is 0 Å². The summed E-state index contributed by atoms with van der Waals surface area (Å²) >= 11 is 0. The highest BCUT2D eigenvalue weighted by Crippen LogP contribution is 2.33. The molecule has 0 saturated carbocycles. The molecule has 0 unspecified atom stereocenters. The van der Waals surface area contributed by atoms with Crippen LogP contribution in [0.3, 0.4) is 0 Å². The first-order valence-corrected chi connectivity index (χ1v) is 14.1. The van der Waals surface area contributed by atoms with Crippen LogP contribution in [0.15, 0.2) is 116 Å². The maximum absolute atomic E-state index is 11.9. The van der Waals surface area contributed by atoms with Crippen LogP contribution in [0.2, 0.25) is 0 Å². The van der Waals surface area contributed by atoms with Crippen LogP contribution in [0.4, 0.5) is 22.7 Å². The molecule has 0 atom stereocenters. The molecule has 0 aliphatic rings. The van der Waals surface area contributed by atoms with E-state index in [1.165, 1.54) is 24.3 Å². The van der Waals surface area contributed by atoms with Crippen molar-refractivity contribution in [3.63, 3.8) is 0 Å². The number of rotatable bonds is 7. The standard InChI is InChI=1S/C31H24N4O6S/c1-18-13-20(7-10-27(18)34-32-23-9-12-29(36)26(16-23)31(37)38)21-8-11-28(19(2)14-21)35-33-24-15-22-5-3-4-6-25(22)30(17-24)42(39,40)41/h3-17,36H,1-2H3,(H,37,38)(H,39,40,41). The molecule has 42 heavy (non-hydrogen) atoms. The smallest absolute Gasteiger partial charge is 0.339 e. The van der Waals surface area contributed by atoms with Gasteiger partial charge in [-0.15, -0.1) is 0 Å². The van der Waals surface area contributed by atoms with E-state index >= 15 is 0 Å². The lowest BCUT2D eigenvalue weighted by Gasteiger charge is -2.08. The number of nitrogens with zero attached hydrogens (tertiary/aromatic N) is 4. The van der Waals surface area contributed by atoms with Gasteiger partial charge in [-0.25, -0.2) is 4.79 Å². The normalized spacial score (nSPS) is 12.0. The summed E-state index contributed by atoms with van der Waals surface area (Å²) in [6, 6.07) is 25.1. The van der Waals surface area contributed by atoms with E-state index in [-0.39, 0.29) is 21.9 Å². The van der Waals surface area contributed by atoms with Crippen molar-refractivity contribution in [3.8, 4) is 16.9 Å². The third kappa shape index (κ3) is 6.07. The Morgan fingerprint density at radius 3 is 1.86 bits per heavy atom. The van der Waals surface area contributed by atoms with E-state index in [0.29, 0.717) is 27.8 Å². The monoisotopic (exact) mass is 580 g/mol. The van der Waals surface area contributed by atoms with Crippen LogP contribution in [-0.4, -0.2) is 29.2 Å². The fourth-order valence-corrected chi connectivity index (χ4v) is 5.14. The summed E-state index contributed by atoms with van der Waals surface area (Å²) in [6.07, 6.45) is 0. The third-order valence-electron chi connectivity index (χ3n) is 6.57. The highest BCUT2D eigenvalue weighted by Gasteiger charge is 2.16. The maximum atomic E-state index is 11.9. The van der Waals surface area contributed by atoms with Gasteiger partial charge in [0.15, 0.2) is 0 Å². The number of aryl methyl sites for hydroxylation is 2. The molecule has 5 aromatic carbocycles. The van der Waals surface area contributed by atoms with Crippen LogP contribution in [0, 0.1) is 13.8 Å². The fourth-order valence-electron chi connectivity index (χ4n) is 4.41. The Kier molecular flexibility index (Phi) is 7.62. The van der Waals surface area contributed by atoms with Gasteiger partial charge in [-0.05, 0) is 96.1 Å². The van der Waals surface area contributed by atoms with E-state index < -0.39 is 16.1 Å². The Hall–Kier alpha value is -5.26. The second-order valence-corrected chi connectivity index (χ2v) is 10.9. The summed E-state index contributed by atoms with van der Waals surface area (Å²) in [5.74, 6) is -1.60. The molecule has 0 heterocycles. The Balaban J connectivity index is 1.38. The first kappa shape index (κ1) is 28.3. The van der Waals surface area contributed by atoms with Crippen LogP contribution < -0.4 is 0 Å². The Labute approximate surface area is 241 Å². The number of azo groups is 2. The van der Waals surface area contributed by atoms with Crippen molar-refractivity contribution in [2.45, 2.75) is 18.7 Å². The minimum absolute atomic E-state index is 0.229. The highest BCUT2D eigenvalue weighted by molar-refractivity contribution is 7.86. The zero-order chi connectivity index (χ0) is 30.0. The van der Waals surface area contributed by atoms with Crippen molar-refractivity contribution < 1.29 is 28.0 Å². The molecule has 0 aliphatic carbocycles. The molecule has 3 N–H and O–H groups in total. The largest absolute Gasteiger partial charge is 0.507 e. The van der Waals surface area contributed by atoms with Gasteiger partial charge in [-0.1, -0.05) is 36.4 Å². The van der Waals surface area contributed by atoms with E-state index in [1.807, 2.05) is 50.2 Å². The molecule has 0 fully saturated rings. The van der Waals surface area contributed by atoms with Crippen molar-refractivity contribution in [3.05, 3.63) is 108 Å². The summed E-state index contributed by atoms with van der Waals surface area (Å²) in [6.45, 7) is 3.78. The first-order chi connectivity index (χ1) is 20.0. The van der Waals surface area contributed by atoms with E-state index in [1.54, 1.807) is 30.3 Å². The van der Waals surface area contributed by atoms with Gasteiger partial charge in [0.05, 0.1) is 22.7 Å². The first-order valence-electron chi connectivity index (χ1n) is 12.6. The molecule has 0 aromatic heterocycles. The lowest BCUT2D eigenvalue weighted by Crippen LogP contribution is -1.98. The van der Waals surface area contributed by atoms with Crippen LogP contribution in [0.1, 0.15) is 21.5 Å². The molecule has 11 heteroatoms. The van der Waals surface area contributed by atoms with Gasteiger partial charge in [0, 0.05) is 5.39 Å². The van der Waals surface area contributed by atoms with Crippen LogP contribution in [0.5, 0.6) is 5.75 Å². The van der Waals surface area contributed by atoms with Crippen molar-refractivity contribution in [1.82, 2.24) is 0 Å². The number of carbonyl (C=O) groups is 1. The number of aromatic hydroxyl groups is 1. The zero-order valence-electron chi connectivity index (χ0n) is 22.4. The van der Waals surface area contributed by atoms with Gasteiger partial charge < -0.3 is 10.2 Å².